The van der Waals surface area contributed by atoms with Crippen LogP contribution < -0.4 is 0 Å². The number of H-pyrrole nitrogens is 1. The molecule has 1 aromatic heterocycles. The average molecular weight is 323 g/mol. The molecule has 0 spiro atoms. The van der Waals surface area contributed by atoms with Crippen molar-refractivity contribution in [1.82, 2.24) is 9.88 Å². The van der Waals surface area contributed by atoms with E-state index in [4.69, 9.17) is 5.11 Å². The van der Waals surface area contributed by atoms with E-state index in [1.807, 2.05) is 6.07 Å². The van der Waals surface area contributed by atoms with Crippen molar-refractivity contribution in [1.29, 1.82) is 0 Å². The lowest BCUT2D eigenvalue weighted by Gasteiger charge is -2.26. The summed E-state index contributed by atoms with van der Waals surface area (Å²) in [5, 5.41) is 10.0. The Morgan fingerprint density at radius 2 is 2.32 bits per heavy atom. The molecule has 19 heavy (non-hydrogen) atoms. The van der Waals surface area contributed by atoms with Gasteiger partial charge in [-0.25, -0.2) is 0 Å². The molecular weight excluding hydrogens is 308 g/mol. The molecule has 3 rings (SSSR count). The maximum absolute atomic E-state index is 10.7. The number of hydrogen-bond donors (Lipinski definition) is 2. The van der Waals surface area contributed by atoms with Gasteiger partial charge < -0.3 is 10.1 Å². The van der Waals surface area contributed by atoms with Gasteiger partial charge in [-0.2, -0.15) is 0 Å². The summed E-state index contributed by atoms with van der Waals surface area (Å²) < 4.78 is 1.07. The number of rotatable bonds is 3. The van der Waals surface area contributed by atoms with Gasteiger partial charge in [-0.1, -0.05) is 15.9 Å². The number of benzene rings is 1. The van der Waals surface area contributed by atoms with E-state index in [2.05, 4.69) is 37.9 Å². The predicted octanol–water partition coefficient (Wildman–Crippen LogP) is 2.76. The fourth-order valence-corrected chi connectivity index (χ4v) is 3.05. The number of nitrogens with one attached hydrogen (secondary N) is 1. The molecule has 100 valence electrons. The Morgan fingerprint density at radius 1 is 1.47 bits per heavy atom. The number of aromatic amines is 1. The highest BCUT2D eigenvalue weighted by atomic mass is 79.9. The predicted molar refractivity (Wildman–Crippen MR) is 77.2 cm³/mol. The highest BCUT2D eigenvalue weighted by molar-refractivity contribution is 9.10. The van der Waals surface area contributed by atoms with E-state index in [-0.39, 0.29) is 6.42 Å². The summed E-state index contributed by atoms with van der Waals surface area (Å²) in [7, 11) is 0. The molecule has 1 aromatic carbocycles. The molecule has 2 aromatic rings. The van der Waals surface area contributed by atoms with Crippen LogP contribution in [0.5, 0.6) is 0 Å². The van der Waals surface area contributed by atoms with Crippen LogP contribution in [0.2, 0.25) is 0 Å². The largest absolute Gasteiger partial charge is 0.481 e. The van der Waals surface area contributed by atoms with Gasteiger partial charge >= 0.3 is 5.97 Å². The van der Waals surface area contributed by atoms with Gasteiger partial charge in [0, 0.05) is 47.1 Å². The topological polar surface area (TPSA) is 56.3 Å². The molecule has 0 saturated heterocycles. The zero-order chi connectivity index (χ0) is 13.4. The molecule has 0 unspecified atom stereocenters. The first-order valence-corrected chi connectivity index (χ1v) is 7.16. The van der Waals surface area contributed by atoms with Crippen molar-refractivity contribution in [3.8, 4) is 0 Å². The monoisotopic (exact) mass is 322 g/mol. The second-order valence-electron chi connectivity index (χ2n) is 4.94. The molecule has 1 aliphatic rings. The molecule has 0 fully saturated rings. The summed E-state index contributed by atoms with van der Waals surface area (Å²) in [5.74, 6) is -0.729. The normalized spacial score (nSPS) is 15.6. The van der Waals surface area contributed by atoms with Gasteiger partial charge in [0.2, 0.25) is 0 Å². The van der Waals surface area contributed by atoms with Crippen molar-refractivity contribution in [3.05, 3.63) is 33.9 Å². The van der Waals surface area contributed by atoms with E-state index in [0.717, 1.165) is 29.5 Å². The molecule has 0 bridgehead atoms. The van der Waals surface area contributed by atoms with E-state index in [9.17, 15) is 4.79 Å². The van der Waals surface area contributed by atoms with Crippen LogP contribution in [0.4, 0.5) is 0 Å². The molecule has 2 N–H and O–H groups in total. The zero-order valence-electron chi connectivity index (χ0n) is 10.4. The molecular formula is C14H15BrN2O2. The minimum atomic E-state index is -0.729. The summed E-state index contributed by atoms with van der Waals surface area (Å²) in [6, 6.07) is 6.25. The maximum atomic E-state index is 10.7. The minimum absolute atomic E-state index is 0.210. The quantitative estimate of drug-likeness (QED) is 0.913. The third-order valence-electron chi connectivity index (χ3n) is 3.66. The Labute approximate surface area is 119 Å². The molecule has 0 atom stereocenters. The first-order chi connectivity index (χ1) is 9.13. The molecule has 0 saturated carbocycles. The van der Waals surface area contributed by atoms with Crippen LogP contribution in [0.1, 0.15) is 17.7 Å². The summed E-state index contributed by atoms with van der Waals surface area (Å²) in [4.78, 5) is 16.3. The van der Waals surface area contributed by atoms with Gasteiger partial charge in [0.25, 0.3) is 0 Å². The second kappa shape index (κ2) is 4.98. The first-order valence-electron chi connectivity index (χ1n) is 6.36. The van der Waals surface area contributed by atoms with Crippen molar-refractivity contribution in [2.75, 3.05) is 13.1 Å². The Kier molecular flexibility index (Phi) is 3.33. The fourth-order valence-electron chi connectivity index (χ4n) is 2.69. The Bertz CT molecular complexity index is 636. The Morgan fingerprint density at radius 3 is 3.11 bits per heavy atom. The molecule has 5 heteroatoms. The Balaban J connectivity index is 1.88. The number of carboxylic acid groups (broad SMARTS) is 1. The van der Waals surface area contributed by atoms with Crippen molar-refractivity contribution in [2.24, 2.45) is 0 Å². The number of fused-ring (bicyclic) bond motifs is 3. The summed E-state index contributed by atoms with van der Waals surface area (Å²) in [6.07, 6.45) is 1.17. The van der Waals surface area contributed by atoms with Gasteiger partial charge in [0.05, 0.1) is 6.42 Å². The van der Waals surface area contributed by atoms with Crippen molar-refractivity contribution in [3.63, 3.8) is 0 Å². The smallest absolute Gasteiger partial charge is 0.304 e. The van der Waals surface area contributed by atoms with Crippen molar-refractivity contribution >= 4 is 32.8 Å². The van der Waals surface area contributed by atoms with E-state index in [0.29, 0.717) is 6.54 Å². The van der Waals surface area contributed by atoms with E-state index in [1.54, 1.807) is 0 Å². The first kappa shape index (κ1) is 12.7. The molecule has 0 radical (unpaired) electrons. The summed E-state index contributed by atoms with van der Waals surface area (Å²) in [5.41, 5.74) is 3.76. The summed E-state index contributed by atoms with van der Waals surface area (Å²) >= 11 is 3.50. The van der Waals surface area contributed by atoms with E-state index >= 15 is 0 Å². The lowest BCUT2D eigenvalue weighted by molar-refractivity contribution is -0.137. The lowest BCUT2D eigenvalue weighted by atomic mass is 10.0. The molecule has 4 nitrogen and oxygen atoms in total. The van der Waals surface area contributed by atoms with Gasteiger partial charge in [0.1, 0.15) is 0 Å². The van der Waals surface area contributed by atoms with E-state index < -0.39 is 5.97 Å². The minimum Gasteiger partial charge on any atom is -0.481 e. The molecule has 1 aliphatic heterocycles. The number of aliphatic carboxylic acids is 1. The van der Waals surface area contributed by atoms with Crippen LogP contribution in [0.25, 0.3) is 10.9 Å². The number of aromatic nitrogens is 1. The van der Waals surface area contributed by atoms with Crippen LogP contribution in [-0.2, 0) is 17.8 Å². The third-order valence-corrected chi connectivity index (χ3v) is 4.15. The van der Waals surface area contributed by atoms with Crippen LogP contribution in [0.3, 0.4) is 0 Å². The molecule has 2 heterocycles. The van der Waals surface area contributed by atoms with Gasteiger partial charge in [0.15, 0.2) is 0 Å². The van der Waals surface area contributed by atoms with Gasteiger partial charge in [-0.3, -0.25) is 9.69 Å². The van der Waals surface area contributed by atoms with Crippen LogP contribution in [0, 0.1) is 0 Å². The van der Waals surface area contributed by atoms with Gasteiger partial charge in [-0.15, -0.1) is 0 Å². The standard InChI is InChI=1S/C14H15BrN2O2/c15-9-1-2-12-10(7-9)11-8-17(6-4-14(18)19)5-3-13(11)16-12/h1-2,7,16H,3-6,8H2,(H,18,19). The molecule has 0 amide bonds. The highest BCUT2D eigenvalue weighted by Gasteiger charge is 2.20. The van der Waals surface area contributed by atoms with Gasteiger partial charge in [-0.05, 0) is 23.8 Å². The molecule has 0 aliphatic carbocycles. The van der Waals surface area contributed by atoms with Crippen molar-refractivity contribution < 1.29 is 9.90 Å². The van der Waals surface area contributed by atoms with Crippen LogP contribution in [0.15, 0.2) is 22.7 Å². The Hall–Kier alpha value is -1.33. The van der Waals surface area contributed by atoms with Crippen molar-refractivity contribution in [2.45, 2.75) is 19.4 Å². The lowest BCUT2D eigenvalue weighted by Crippen LogP contribution is -2.32. The highest BCUT2D eigenvalue weighted by Crippen LogP contribution is 2.29. The van der Waals surface area contributed by atoms with Crippen LogP contribution in [-0.4, -0.2) is 34.0 Å². The number of nitrogens with zero attached hydrogens (tertiary/aromatic N) is 1. The number of hydrogen-bond acceptors (Lipinski definition) is 2. The zero-order valence-corrected chi connectivity index (χ0v) is 12.0. The van der Waals surface area contributed by atoms with E-state index in [1.165, 1.54) is 16.6 Å². The second-order valence-corrected chi connectivity index (χ2v) is 5.86. The number of carboxylic acids is 1. The average Bonchev–Trinajstić information content (AvgIpc) is 2.74. The SMILES string of the molecule is O=C(O)CCN1CCc2[nH]c3ccc(Br)cc3c2C1. The fraction of sp³-hybridized carbons (Fsp3) is 0.357. The maximum Gasteiger partial charge on any atom is 0.304 e. The number of halogens is 1. The number of carbonyl (C=O) groups is 1. The van der Waals surface area contributed by atoms with Crippen LogP contribution >= 0.6 is 15.9 Å². The summed E-state index contributed by atoms with van der Waals surface area (Å²) in [6.45, 7) is 2.38. The third kappa shape index (κ3) is 2.53.